The minimum Gasteiger partial charge on any atom is -0.373 e. The van der Waals surface area contributed by atoms with E-state index in [0.717, 1.165) is 30.7 Å². The third kappa shape index (κ3) is 3.97. The van der Waals surface area contributed by atoms with Gasteiger partial charge >= 0.3 is 0 Å². The van der Waals surface area contributed by atoms with E-state index in [1.54, 1.807) is 0 Å². The SMILES string of the molecule is O=C(NC[C@@H]1CN2CCC[C@H]2CO1)c1ccccc1Cc1ccccc1. The number of ether oxygens (including phenoxy) is 1. The second-order valence-electron chi connectivity index (χ2n) is 7.28. The maximum atomic E-state index is 12.7. The molecule has 2 heterocycles. The molecule has 0 aliphatic carbocycles. The molecule has 2 aromatic rings. The Morgan fingerprint density at radius 1 is 1.12 bits per heavy atom. The first-order valence-electron chi connectivity index (χ1n) is 9.55. The van der Waals surface area contributed by atoms with Gasteiger partial charge in [-0.15, -0.1) is 0 Å². The second-order valence-corrected chi connectivity index (χ2v) is 7.28. The topological polar surface area (TPSA) is 41.6 Å². The summed E-state index contributed by atoms with van der Waals surface area (Å²) in [6, 6.07) is 18.7. The number of hydrogen-bond acceptors (Lipinski definition) is 3. The average molecular weight is 350 g/mol. The van der Waals surface area contributed by atoms with Gasteiger partial charge in [0.25, 0.3) is 5.91 Å². The molecule has 136 valence electrons. The first kappa shape index (κ1) is 17.3. The smallest absolute Gasteiger partial charge is 0.251 e. The minimum atomic E-state index is -0.0105. The fourth-order valence-electron chi connectivity index (χ4n) is 4.02. The summed E-state index contributed by atoms with van der Waals surface area (Å²) in [5, 5.41) is 3.08. The zero-order valence-electron chi connectivity index (χ0n) is 15.1. The van der Waals surface area contributed by atoms with Gasteiger partial charge in [-0.1, -0.05) is 48.5 Å². The molecule has 2 aliphatic heterocycles. The van der Waals surface area contributed by atoms with Crippen LogP contribution >= 0.6 is 0 Å². The van der Waals surface area contributed by atoms with E-state index in [1.807, 2.05) is 42.5 Å². The quantitative estimate of drug-likeness (QED) is 0.902. The fourth-order valence-corrected chi connectivity index (χ4v) is 4.02. The van der Waals surface area contributed by atoms with E-state index in [4.69, 9.17) is 4.74 Å². The molecule has 1 N–H and O–H groups in total. The van der Waals surface area contributed by atoms with Gasteiger partial charge in [0.15, 0.2) is 0 Å². The predicted molar refractivity (Wildman–Crippen MR) is 102 cm³/mol. The maximum absolute atomic E-state index is 12.7. The number of benzene rings is 2. The first-order valence-corrected chi connectivity index (χ1v) is 9.55. The molecule has 4 nitrogen and oxygen atoms in total. The number of morpholine rings is 1. The highest BCUT2D eigenvalue weighted by atomic mass is 16.5. The van der Waals surface area contributed by atoms with Gasteiger partial charge in [0, 0.05) is 24.7 Å². The maximum Gasteiger partial charge on any atom is 0.251 e. The summed E-state index contributed by atoms with van der Waals surface area (Å²) in [5.74, 6) is -0.0105. The Bertz CT molecular complexity index is 747. The molecule has 0 aromatic heterocycles. The van der Waals surface area contributed by atoms with Gasteiger partial charge < -0.3 is 10.1 Å². The van der Waals surface area contributed by atoms with Crippen LogP contribution < -0.4 is 5.32 Å². The van der Waals surface area contributed by atoms with E-state index in [-0.39, 0.29) is 12.0 Å². The van der Waals surface area contributed by atoms with E-state index in [2.05, 4.69) is 22.3 Å². The predicted octanol–water partition coefficient (Wildman–Crippen LogP) is 2.87. The number of fused-ring (bicyclic) bond motifs is 1. The van der Waals surface area contributed by atoms with Crippen molar-refractivity contribution in [1.82, 2.24) is 10.2 Å². The molecule has 0 bridgehead atoms. The lowest BCUT2D eigenvalue weighted by molar-refractivity contribution is -0.0461. The van der Waals surface area contributed by atoms with Gasteiger partial charge in [-0.25, -0.2) is 0 Å². The van der Waals surface area contributed by atoms with Gasteiger partial charge in [-0.3, -0.25) is 9.69 Å². The average Bonchev–Trinajstić information content (AvgIpc) is 3.15. The summed E-state index contributed by atoms with van der Waals surface area (Å²) >= 11 is 0. The van der Waals surface area contributed by atoms with Crippen molar-refractivity contribution in [2.24, 2.45) is 0 Å². The normalized spacial score (nSPS) is 22.8. The van der Waals surface area contributed by atoms with Crippen LogP contribution in [0.5, 0.6) is 0 Å². The van der Waals surface area contributed by atoms with Crippen molar-refractivity contribution >= 4 is 5.91 Å². The van der Waals surface area contributed by atoms with Crippen LogP contribution in [0, 0.1) is 0 Å². The van der Waals surface area contributed by atoms with Crippen LogP contribution in [0.15, 0.2) is 54.6 Å². The molecule has 2 fully saturated rings. The molecule has 1 amide bonds. The summed E-state index contributed by atoms with van der Waals surface area (Å²) in [6.45, 7) is 3.46. The minimum absolute atomic E-state index is 0.0105. The van der Waals surface area contributed by atoms with Gasteiger partial charge in [0.05, 0.1) is 12.7 Å². The molecule has 0 saturated carbocycles. The molecular weight excluding hydrogens is 324 g/mol. The van der Waals surface area contributed by atoms with Crippen molar-refractivity contribution in [2.75, 3.05) is 26.2 Å². The summed E-state index contributed by atoms with van der Waals surface area (Å²) in [7, 11) is 0. The van der Waals surface area contributed by atoms with Crippen molar-refractivity contribution in [3.8, 4) is 0 Å². The highest BCUT2D eigenvalue weighted by Crippen LogP contribution is 2.22. The van der Waals surface area contributed by atoms with Gasteiger partial charge in [-0.2, -0.15) is 0 Å². The van der Waals surface area contributed by atoms with Crippen LogP contribution in [0.2, 0.25) is 0 Å². The van der Waals surface area contributed by atoms with E-state index in [1.165, 1.54) is 24.9 Å². The lowest BCUT2D eigenvalue weighted by atomic mass is 9.99. The monoisotopic (exact) mass is 350 g/mol. The van der Waals surface area contributed by atoms with E-state index in [0.29, 0.717) is 12.6 Å². The molecular formula is C22H26N2O2. The number of rotatable bonds is 5. The van der Waals surface area contributed by atoms with Crippen LogP contribution in [0.4, 0.5) is 0 Å². The third-order valence-corrected chi connectivity index (χ3v) is 5.45. The zero-order chi connectivity index (χ0) is 17.8. The van der Waals surface area contributed by atoms with Crippen LogP contribution in [0.25, 0.3) is 0 Å². The van der Waals surface area contributed by atoms with Crippen LogP contribution in [-0.2, 0) is 11.2 Å². The highest BCUT2D eigenvalue weighted by Gasteiger charge is 2.32. The molecule has 2 saturated heterocycles. The first-order chi connectivity index (χ1) is 12.8. The lowest BCUT2D eigenvalue weighted by Gasteiger charge is -2.35. The number of amides is 1. The number of carbonyl (C=O) groups excluding carboxylic acids is 1. The molecule has 26 heavy (non-hydrogen) atoms. The Morgan fingerprint density at radius 3 is 2.81 bits per heavy atom. The molecule has 0 unspecified atom stereocenters. The Labute approximate surface area is 155 Å². The van der Waals surface area contributed by atoms with Crippen molar-refractivity contribution in [2.45, 2.75) is 31.4 Å². The Morgan fingerprint density at radius 2 is 1.92 bits per heavy atom. The number of nitrogens with zero attached hydrogens (tertiary/aromatic N) is 1. The Balaban J connectivity index is 1.37. The van der Waals surface area contributed by atoms with Crippen LogP contribution in [0.3, 0.4) is 0 Å². The molecule has 2 atom stereocenters. The molecule has 2 aliphatic rings. The van der Waals surface area contributed by atoms with Crippen LogP contribution in [-0.4, -0.2) is 49.2 Å². The number of hydrogen-bond donors (Lipinski definition) is 1. The standard InChI is InChI=1S/C22H26N2O2/c25-22(23-14-20-15-24-12-6-10-19(24)16-26-20)21-11-5-4-9-18(21)13-17-7-2-1-3-8-17/h1-5,7-9,11,19-20H,6,10,12-16H2,(H,23,25)/t19-,20+/m0/s1. The lowest BCUT2D eigenvalue weighted by Crippen LogP contribution is -2.50. The fraction of sp³-hybridized carbons (Fsp3) is 0.409. The van der Waals surface area contributed by atoms with Gasteiger partial charge in [0.2, 0.25) is 0 Å². The summed E-state index contributed by atoms with van der Waals surface area (Å²) in [5.41, 5.74) is 3.02. The molecule has 0 radical (unpaired) electrons. The largest absolute Gasteiger partial charge is 0.373 e. The molecule has 0 spiro atoms. The second kappa shape index (κ2) is 8.02. The van der Waals surface area contributed by atoms with Crippen molar-refractivity contribution < 1.29 is 9.53 Å². The van der Waals surface area contributed by atoms with Crippen molar-refractivity contribution in [3.63, 3.8) is 0 Å². The van der Waals surface area contributed by atoms with Crippen LogP contribution in [0.1, 0.15) is 34.3 Å². The number of nitrogens with one attached hydrogen (secondary N) is 1. The summed E-state index contributed by atoms with van der Waals surface area (Å²) in [6.07, 6.45) is 3.36. The van der Waals surface area contributed by atoms with E-state index < -0.39 is 0 Å². The Kier molecular flexibility index (Phi) is 5.32. The van der Waals surface area contributed by atoms with E-state index in [9.17, 15) is 4.79 Å². The van der Waals surface area contributed by atoms with Crippen molar-refractivity contribution in [3.05, 3.63) is 71.3 Å². The van der Waals surface area contributed by atoms with Gasteiger partial charge in [-0.05, 0) is 43.0 Å². The highest BCUT2D eigenvalue weighted by molar-refractivity contribution is 5.95. The third-order valence-electron chi connectivity index (χ3n) is 5.45. The summed E-state index contributed by atoms with van der Waals surface area (Å²) in [4.78, 5) is 15.2. The summed E-state index contributed by atoms with van der Waals surface area (Å²) < 4.78 is 5.95. The zero-order valence-corrected chi connectivity index (χ0v) is 15.1. The van der Waals surface area contributed by atoms with E-state index >= 15 is 0 Å². The molecule has 4 heteroatoms. The van der Waals surface area contributed by atoms with Crippen molar-refractivity contribution in [1.29, 1.82) is 0 Å². The van der Waals surface area contributed by atoms with Gasteiger partial charge in [0.1, 0.15) is 0 Å². The Hall–Kier alpha value is -2.17. The number of carbonyl (C=O) groups is 1. The molecule has 4 rings (SSSR count). The molecule has 2 aromatic carbocycles.